The first-order valence-corrected chi connectivity index (χ1v) is 7.63. The van der Waals surface area contributed by atoms with Gasteiger partial charge in [-0.15, -0.1) is 0 Å². The predicted molar refractivity (Wildman–Crippen MR) is 90.6 cm³/mol. The van der Waals surface area contributed by atoms with Crippen molar-refractivity contribution in [3.8, 4) is 5.75 Å². The third kappa shape index (κ3) is 4.82. The topological polar surface area (TPSA) is 88.7 Å². The van der Waals surface area contributed by atoms with E-state index in [1.807, 2.05) is 6.07 Å². The summed E-state index contributed by atoms with van der Waals surface area (Å²) < 4.78 is 10.0. The van der Waals surface area contributed by atoms with Crippen LogP contribution in [0.15, 0.2) is 18.2 Å². The van der Waals surface area contributed by atoms with E-state index in [0.29, 0.717) is 35.9 Å². The molecule has 1 amide bonds. The second-order valence-corrected chi connectivity index (χ2v) is 5.43. The van der Waals surface area contributed by atoms with Crippen molar-refractivity contribution in [2.24, 2.45) is 0 Å². The molecule has 1 aliphatic rings. The Morgan fingerprint density at radius 1 is 1.48 bits per heavy atom. The quantitative estimate of drug-likeness (QED) is 0.428. The molecule has 0 spiro atoms. The van der Waals surface area contributed by atoms with Crippen molar-refractivity contribution in [1.82, 2.24) is 5.32 Å². The van der Waals surface area contributed by atoms with Crippen LogP contribution in [0.2, 0.25) is 0 Å². The molecule has 1 aromatic rings. The summed E-state index contributed by atoms with van der Waals surface area (Å²) in [7, 11) is 1.36. The zero-order valence-corrected chi connectivity index (χ0v) is 13.8. The monoisotopic (exact) mass is 337 g/mol. The number of fused-ring (bicyclic) bond motifs is 1. The molecule has 8 heteroatoms. The van der Waals surface area contributed by atoms with E-state index < -0.39 is 6.10 Å². The fraction of sp³-hybridized carbons (Fsp3) is 0.400. The summed E-state index contributed by atoms with van der Waals surface area (Å²) in [4.78, 5) is 22.6. The van der Waals surface area contributed by atoms with Crippen LogP contribution in [0.3, 0.4) is 0 Å². The third-order valence-corrected chi connectivity index (χ3v) is 3.49. The highest BCUT2D eigenvalue weighted by atomic mass is 32.1. The fourth-order valence-corrected chi connectivity index (χ4v) is 2.22. The molecule has 124 valence electrons. The summed E-state index contributed by atoms with van der Waals surface area (Å²) in [6.07, 6.45) is 0.464. The van der Waals surface area contributed by atoms with Crippen LogP contribution in [0.4, 0.5) is 11.4 Å². The van der Waals surface area contributed by atoms with E-state index in [9.17, 15) is 9.59 Å². The Balaban J connectivity index is 1.84. The molecule has 0 aliphatic carbocycles. The maximum absolute atomic E-state index is 11.6. The number of amides is 1. The molecule has 7 nitrogen and oxygen atoms in total. The Labute approximate surface area is 139 Å². The van der Waals surface area contributed by atoms with Crippen LogP contribution in [0.1, 0.15) is 19.8 Å². The van der Waals surface area contributed by atoms with Gasteiger partial charge in [-0.2, -0.15) is 0 Å². The minimum absolute atomic E-state index is 0.182. The number of hydrogen-bond donors (Lipinski definition) is 3. The van der Waals surface area contributed by atoms with E-state index in [4.69, 9.17) is 17.0 Å². The Kier molecular flexibility index (Phi) is 5.75. The van der Waals surface area contributed by atoms with Crippen LogP contribution in [-0.2, 0) is 14.3 Å². The van der Waals surface area contributed by atoms with Gasteiger partial charge in [-0.25, -0.2) is 0 Å². The van der Waals surface area contributed by atoms with E-state index in [2.05, 4.69) is 20.7 Å². The molecule has 1 heterocycles. The van der Waals surface area contributed by atoms with Gasteiger partial charge < -0.3 is 25.4 Å². The smallest absolute Gasteiger partial charge is 0.305 e. The van der Waals surface area contributed by atoms with Gasteiger partial charge in [-0.3, -0.25) is 9.59 Å². The maximum atomic E-state index is 11.6. The molecule has 2 rings (SSSR count). The zero-order valence-electron chi connectivity index (χ0n) is 13.0. The normalized spacial score (nSPS) is 15.7. The number of esters is 1. The number of carbonyl (C=O) groups is 2. The van der Waals surface area contributed by atoms with Gasteiger partial charge in [0.1, 0.15) is 5.75 Å². The van der Waals surface area contributed by atoms with E-state index >= 15 is 0 Å². The van der Waals surface area contributed by atoms with Crippen molar-refractivity contribution in [2.75, 3.05) is 24.3 Å². The minimum atomic E-state index is -0.501. The van der Waals surface area contributed by atoms with E-state index in [-0.39, 0.29) is 11.9 Å². The van der Waals surface area contributed by atoms with Crippen molar-refractivity contribution in [3.05, 3.63) is 18.2 Å². The molecule has 0 saturated carbocycles. The lowest BCUT2D eigenvalue weighted by atomic mass is 10.2. The second kappa shape index (κ2) is 7.77. The first kappa shape index (κ1) is 17.0. The SMILES string of the molecule is COC(=O)CCCNC(=S)Nc1ccc2c(c1)NC(=O)[C@@H](C)O2. The lowest BCUT2D eigenvalue weighted by molar-refractivity contribution is -0.140. The van der Waals surface area contributed by atoms with Gasteiger partial charge in [0.25, 0.3) is 5.91 Å². The summed E-state index contributed by atoms with van der Waals surface area (Å²) in [6, 6.07) is 5.33. The van der Waals surface area contributed by atoms with Crippen LogP contribution in [0.25, 0.3) is 0 Å². The molecule has 0 unspecified atom stereocenters. The lowest BCUT2D eigenvalue weighted by Gasteiger charge is -2.23. The standard InChI is InChI=1S/C15H19N3O4S/c1-9-14(20)18-11-8-10(5-6-12(11)22-9)17-15(23)16-7-3-4-13(19)21-2/h5-6,8-9H,3-4,7H2,1-2H3,(H,18,20)(H2,16,17,23)/t9-/m1/s1. The van der Waals surface area contributed by atoms with Crippen LogP contribution in [-0.4, -0.2) is 36.7 Å². The van der Waals surface area contributed by atoms with E-state index in [1.165, 1.54) is 7.11 Å². The van der Waals surface area contributed by atoms with Crippen LogP contribution < -0.4 is 20.7 Å². The molecular weight excluding hydrogens is 318 g/mol. The second-order valence-electron chi connectivity index (χ2n) is 5.02. The minimum Gasteiger partial charge on any atom is -0.479 e. The summed E-state index contributed by atoms with van der Waals surface area (Å²) in [6.45, 7) is 2.25. The van der Waals surface area contributed by atoms with Crippen molar-refractivity contribution in [3.63, 3.8) is 0 Å². The van der Waals surface area contributed by atoms with Crippen molar-refractivity contribution in [1.29, 1.82) is 0 Å². The van der Waals surface area contributed by atoms with Crippen molar-refractivity contribution in [2.45, 2.75) is 25.9 Å². The average Bonchev–Trinajstić information content (AvgIpc) is 2.52. The Morgan fingerprint density at radius 3 is 3.00 bits per heavy atom. The molecule has 0 fully saturated rings. The third-order valence-electron chi connectivity index (χ3n) is 3.24. The number of benzene rings is 1. The molecule has 3 N–H and O–H groups in total. The number of ether oxygens (including phenoxy) is 2. The average molecular weight is 337 g/mol. The van der Waals surface area contributed by atoms with Gasteiger partial charge in [0.15, 0.2) is 11.2 Å². The maximum Gasteiger partial charge on any atom is 0.305 e. The summed E-state index contributed by atoms with van der Waals surface area (Å²) >= 11 is 5.18. The fourth-order valence-electron chi connectivity index (χ4n) is 2.00. The molecule has 0 bridgehead atoms. The zero-order chi connectivity index (χ0) is 16.8. The first-order valence-electron chi connectivity index (χ1n) is 7.23. The predicted octanol–water partition coefficient (Wildman–Crippen LogP) is 1.65. The summed E-state index contributed by atoms with van der Waals surface area (Å²) in [5.74, 6) is 0.197. The molecule has 0 radical (unpaired) electrons. The molecule has 0 saturated heterocycles. The number of hydrogen-bond acceptors (Lipinski definition) is 5. The lowest BCUT2D eigenvalue weighted by Crippen LogP contribution is -2.34. The number of methoxy groups -OCH3 is 1. The highest BCUT2D eigenvalue weighted by Crippen LogP contribution is 2.32. The Morgan fingerprint density at radius 2 is 2.26 bits per heavy atom. The van der Waals surface area contributed by atoms with Gasteiger partial charge in [0.05, 0.1) is 12.8 Å². The number of carbonyl (C=O) groups excluding carboxylic acids is 2. The molecule has 23 heavy (non-hydrogen) atoms. The van der Waals surface area contributed by atoms with E-state index in [0.717, 1.165) is 5.69 Å². The van der Waals surface area contributed by atoms with Crippen LogP contribution >= 0.6 is 12.2 Å². The van der Waals surface area contributed by atoms with Gasteiger partial charge in [-0.05, 0) is 43.8 Å². The molecule has 1 aromatic carbocycles. The molecule has 0 aromatic heterocycles. The highest BCUT2D eigenvalue weighted by molar-refractivity contribution is 7.80. The van der Waals surface area contributed by atoms with Crippen molar-refractivity contribution < 1.29 is 19.1 Å². The number of nitrogens with one attached hydrogen (secondary N) is 3. The van der Waals surface area contributed by atoms with Crippen molar-refractivity contribution >= 4 is 40.6 Å². The van der Waals surface area contributed by atoms with Gasteiger partial charge in [0.2, 0.25) is 0 Å². The molecule has 1 aliphatic heterocycles. The van der Waals surface area contributed by atoms with Crippen LogP contribution in [0, 0.1) is 0 Å². The number of thiocarbonyl (C=S) groups is 1. The Hall–Kier alpha value is -2.35. The number of rotatable bonds is 5. The van der Waals surface area contributed by atoms with Gasteiger partial charge >= 0.3 is 5.97 Å². The van der Waals surface area contributed by atoms with Crippen LogP contribution in [0.5, 0.6) is 5.75 Å². The molecular formula is C15H19N3O4S. The summed E-state index contributed by atoms with van der Waals surface area (Å²) in [5.41, 5.74) is 1.33. The first-order chi connectivity index (χ1) is 11.0. The largest absolute Gasteiger partial charge is 0.479 e. The summed E-state index contributed by atoms with van der Waals surface area (Å²) in [5, 5.41) is 9.23. The number of anilines is 2. The van der Waals surface area contributed by atoms with Gasteiger partial charge in [0, 0.05) is 18.7 Å². The highest BCUT2D eigenvalue weighted by Gasteiger charge is 2.23. The van der Waals surface area contributed by atoms with Gasteiger partial charge in [-0.1, -0.05) is 0 Å². The Bertz CT molecular complexity index is 621. The van der Waals surface area contributed by atoms with E-state index in [1.54, 1.807) is 19.1 Å². The molecule has 1 atom stereocenters.